The van der Waals surface area contributed by atoms with Crippen LogP contribution in [0.1, 0.15) is 57.6 Å². The van der Waals surface area contributed by atoms with Crippen LogP contribution < -0.4 is 5.32 Å². The molecule has 0 unspecified atom stereocenters. The second kappa shape index (κ2) is 11.0. The zero-order chi connectivity index (χ0) is 28.6. The number of hydrogen-bond acceptors (Lipinski definition) is 10. The zero-order valence-electron chi connectivity index (χ0n) is 21.0. The number of carbonyl (C=O) groups is 3. The Balaban J connectivity index is 1.71. The zero-order valence-corrected chi connectivity index (χ0v) is 21.8. The van der Waals surface area contributed by atoms with Crippen LogP contribution in [-0.2, 0) is 47.6 Å². The van der Waals surface area contributed by atoms with E-state index in [0.717, 1.165) is 20.3 Å². The minimum absolute atomic E-state index is 0.239. The molecule has 0 bridgehead atoms. The van der Waals surface area contributed by atoms with Gasteiger partial charge in [-0.25, -0.2) is 4.79 Å². The summed E-state index contributed by atoms with van der Waals surface area (Å²) >= 11 is 0. The van der Waals surface area contributed by atoms with E-state index < -0.39 is 75.8 Å². The van der Waals surface area contributed by atoms with E-state index in [0.29, 0.717) is 25.7 Å². The lowest BCUT2D eigenvalue weighted by Crippen LogP contribution is -2.53. The highest BCUT2D eigenvalue weighted by Gasteiger charge is 2.66. The van der Waals surface area contributed by atoms with Crippen molar-refractivity contribution in [2.45, 2.75) is 93.8 Å². The highest BCUT2D eigenvalue weighted by Crippen LogP contribution is 2.48. The summed E-state index contributed by atoms with van der Waals surface area (Å²) in [6, 6.07) is 6.18. The summed E-state index contributed by atoms with van der Waals surface area (Å²) in [5.41, 5.74) is -5.53. The predicted molar refractivity (Wildman–Crippen MR) is 124 cm³/mol. The molecule has 1 saturated heterocycles. The molecular weight excluding hydrogens is 551 g/mol. The number of carbonyl (C=O) groups excluding carboxylic acids is 3. The van der Waals surface area contributed by atoms with E-state index in [4.69, 9.17) is 18.9 Å². The Kier molecular flexibility index (Phi) is 8.26. The molecule has 216 valence electrons. The molecule has 11 nitrogen and oxygen atoms in total. The van der Waals surface area contributed by atoms with Gasteiger partial charge in [0, 0.05) is 32.3 Å². The Morgan fingerprint density at radius 3 is 2.13 bits per heavy atom. The third kappa shape index (κ3) is 6.21. The number of rotatable bonds is 7. The van der Waals surface area contributed by atoms with Crippen LogP contribution in [0.15, 0.2) is 30.3 Å². The number of nitrogens with one attached hydrogen (secondary N) is 1. The van der Waals surface area contributed by atoms with Crippen molar-refractivity contribution in [1.29, 1.82) is 0 Å². The summed E-state index contributed by atoms with van der Waals surface area (Å²) in [6.45, 7) is 2.11. The average Bonchev–Trinajstić information content (AvgIpc) is 3.31. The Morgan fingerprint density at radius 2 is 1.59 bits per heavy atom. The molecule has 15 heteroatoms. The number of ether oxygens (including phenoxy) is 4. The molecule has 1 aliphatic heterocycles. The fourth-order valence-electron chi connectivity index (χ4n) is 5.18. The molecule has 2 saturated carbocycles. The van der Waals surface area contributed by atoms with Crippen LogP contribution in [0.25, 0.3) is 0 Å². The molecule has 0 aromatic heterocycles. The van der Waals surface area contributed by atoms with E-state index in [9.17, 15) is 36.0 Å². The highest BCUT2D eigenvalue weighted by atomic mass is 32.2. The van der Waals surface area contributed by atoms with E-state index in [1.807, 2.05) is 0 Å². The molecule has 2 aliphatic carbocycles. The van der Waals surface area contributed by atoms with E-state index in [2.05, 4.69) is 9.50 Å². The van der Waals surface area contributed by atoms with Gasteiger partial charge in [0.05, 0.1) is 6.04 Å². The van der Waals surface area contributed by atoms with Crippen molar-refractivity contribution in [3.8, 4) is 0 Å². The van der Waals surface area contributed by atoms with Gasteiger partial charge in [0.25, 0.3) is 0 Å². The monoisotopic (exact) mass is 579 g/mol. The lowest BCUT2D eigenvalue weighted by atomic mass is 9.94. The molecule has 3 aliphatic rings. The van der Waals surface area contributed by atoms with E-state index in [1.54, 1.807) is 18.2 Å². The van der Waals surface area contributed by atoms with Gasteiger partial charge in [-0.05, 0) is 12.8 Å². The van der Waals surface area contributed by atoms with Crippen molar-refractivity contribution in [2.75, 3.05) is 0 Å². The van der Waals surface area contributed by atoms with Crippen molar-refractivity contribution in [2.24, 2.45) is 0 Å². The molecule has 1 amide bonds. The SMILES string of the molecule is CC(=O)N[C@H]1[C@@H](OC(=O)[C@H](OC(C)=O)c2ccccc2)[C@H]2OC3(CCCCC3)O[C@H]2[C@H]1OS(=O)(=O)C(F)(F)F. The number of halogens is 3. The summed E-state index contributed by atoms with van der Waals surface area (Å²) in [4.78, 5) is 37.1. The molecule has 1 aromatic rings. The van der Waals surface area contributed by atoms with Crippen molar-refractivity contribution < 1.29 is 59.1 Å². The fraction of sp³-hybridized carbons (Fsp3) is 0.625. The molecule has 0 radical (unpaired) electrons. The summed E-state index contributed by atoms with van der Waals surface area (Å²) in [5, 5.41) is 2.32. The van der Waals surface area contributed by atoms with Crippen LogP contribution in [0.4, 0.5) is 13.2 Å². The summed E-state index contributed by atoms with van der Waals surface area (Å²) in [7, 11) is -6.15. The van der Waals surface area contributed by atoms with Crippen LogP contribution in [0, 0.1) is 0 Å². The van der Waals surface area contributed by atoms with Gasteiger partial charge in [-0.2, -0.15) is 21.6 Å². The second-order valence-electron chi connectivity index (χ2n) is 9.62. The van der Waals surface area contributed by atoms with Crippen LogP contribution in [0.3, 0.4) is 0 Å². The minimum Gasteiger partial charge on any atom is -0.454 e. The van der Waals surface area contributed by atoms with Gasteiger partial charge in [0.15, 0.2) is 11.9 Å². The van der Waals surface area contributed by atoms with Gasteiger partial charge in [-0.3, -0.25) is 13.8 Å². The Labute approximate surface area is 222 Å². The largest absolute Gasteiger partial charge is 0.523 e. The maximum absolute atomic E-state index is 13.3. The number of alkyl halides is 3. The molecule has 1 N–H and O–H groups in total. The Hall–Kier alpha value is -2.75. The third-order valence-corrected chi connectivity index (χ3v) is 7.78. The van der Waals surface area contributed by atoms with Gasteiger partial charge in [-0.15, -0.1) is 0 Å². The standard InChI is InChI=1S/C24H28F3NO10S/c1-13(29)28-16-18(35-22(31)17(34-14(2)30)15-9-5-3-6-10-15)20-21(19(16)38-39(32,33)24(25,26)27)37-23(36-20)11-7-4-8-12-23/h3,5-6,9-10,16-21H,4,7-8,11-12H2,1-2H3,(H,28,29)/t16-,17+,18+,19-,20+,21-/m0/s1. The van der Waals surface area contributed by atoms with E-state index in [1.165, 1.54) is 12.1 Å². The molecule has 39 heavy (non-hydrogen) atoms. The van der Waals surface area contributed by atoms with Crippen molar-refractivity contribution in [3.05, 3.63) is 35.9 Å². The molecule has 1 aromatic carbocycles. The first kappa shape index (κ1) is 29.2. The van der Waals surface area contributed by atoms with Gasteiger partial charge in [0.1, 0.15) is 18.3 Å². The van der Waals surface area contributed by atoms with Gasteiger partial charge >= 0.3 is 27.6 Å². The molecule has 4 rings (SSSR count). The average molecular weight is 580 g/mol. The quantitative estimate of drug-likeness (QED) is 0.291. The third-order valence-electron chi connectivity index (χ3n) is 6.74. The summed E-state index contributed by atoms with van der Waals surface area (Å²) in [6.07, 6.45) is -4.87. The number of amides is 1. The first-order chi connectivity index (χ1) is 18.2. The van der Waals surface area contributed by atoms with Gasteiger partial charge < -0.3 is 24.3 Å². The molecule has 3 fully saturated rings. The molecule has 6 atom stereocenters. The van der Waals surface area contributed by atoms with Crippen LogP contribution in [0.2, 0.25) is 0 Å². The van der Waals surface area contributed by atoms with E-state index >= 15 is 0 Å². The first-order valence-corrected chi connectivity index (χ1v) is 13.7. The van der Waals surface area contributed by atoms with Crippen LogP contribution >= 0.6 is 0 Å². The summed E-state index contributed by atoms with van der Waals surface area (Å²) < 4.78 is 91.4. The topological polar surface area (TPSA) is 144 Å². The molecular formula is C24H28F3NO10S. The number of esters is 2. The van der Waals surface area contributed by atoms with Gasteiger partial charge in [0.2, 0.25) is 12.0 Å². The molecule has 1 heterocycles. The lowest BCUT2D eigenvalue weighted by Gasteiger charge is -2.36. The Morgan fingerprint density at radius 1 is 1.00 bits per heavy atom. The summed E-state index contributed by atoms with van der Waals surface area (Å²) in [5.74, 6) is -3.96. The lowest BCUT2D eigenvalue weighted by molar-refractivity contribution is -0.219. The van der Waals surface area contributed by atoms with Crippen molar-refractivity contribution in [3.63, 3.8) is 0 Å². The second-order valence-corrected chi connectivity index (χ2v) is 11.2. The smallest absolute Gasteiger partial charge is 0.454 e. The maximum atomic E-state index is 13.3. The van der Waals surface area contributed by atoms with Crippen molar-refractivity contribution in [1.82, 2.24) is 5.32 Å². The minimum atomic E-state index is -6.15. The normalized spacial score (nSPS) is 28.9. The van der Waals surface area contributed by atoms with Crippen LogP contribution in [-0.4, -0.2) is 68.0 Å². The number of benzene rings is 1. The molecule has 1 spiro atoms. The fourth-order valence-corrected chi connectivity index (χ4v) is 5.82. The first-order valence-electron chi connectivity index (χ1n) is 12.3. The predicted octanol–water partition coefficient (Wildman–Crippen LogP) is 2.40. The Bertz CT molecular complexity index is 1190. The van der Waals surface area contributed by atoms with Crippen molar-refractivity contribution >= 4 is 28.0 Å². The number of fused-ring (bicyclic) bond motifs is 1. The maximum Gasteiger partial charge on any atom is 0.523 e. The van der Waals surface area contributed by atoms with E-state index in [-0.39, 0.29) is 5.56 Å². The highest BCUT2D eigenvalue weighted by molar-refractivity contribution is 7.87. The number of hydrogen-bond donors (Lipinski definition) is 1. The van der Waals surface area contributed by atoms with Gasteiger partial charge in [-0.1, -0.05) is 36.8 Å². The van der Waals surface area contributed by atoms with Crippen LogP contribution in [0.5, 0.6) is 0 Å².